The number of carbonyl (C=O) groups excluding carboxylic acids is 2. The van der Waals surface area contributed by atoms with Crippen LogP contribution in [0.15, 0.2) is 48.5 Å². The molecule has 1 amide bonds. The van der Waals surface area contributed by atoms with Gasteiger partial charge in [-0.05, 0) is 35.1 Å². The van der Waals surface area contributed by atoms with E-state index in [1.54, 1.807) is 7.05 Å². The molecule has 0 fully saturated rings. The van der Waals surface area contributed by atoms with Crippen molar-refractivity contribution >= 4 is 18.0 Å². The molecule has 0 saturated heterocycles. The number of ether oxygens (including phenoxy) is 11. The molecule has 0 saturated carbocycles. The molecule has 0 aliphatic heterocycles. The zero-order valence-corrected chi connectivity index (χ0v) is 34.0. The van der Waals surface area contributed by atoms with E-state index in [0.29, 0.717) is 132 Å². The van der Waals surface area contributed by atoms with E-state index < -0.39 is 5.97 Å². The number of carboxylic acids is 1. The average Bonchev–Trinajstić information content (AvgIpc) is 3.55. The van der Waals surface area contributed by atoms with Gasteiger partial charge in [0.25, 0.3) is 0 Å². The Hall–Kier alpha value is -3.71. The first-order chi connectivity index (χ1) is 28.5. The van der Waals surface area contributed by atoms with Gasteiger partial charge in [0.2, 0.25) is 0 Å². The molecular weight excluding hydrogens is 758 g/mol. The number of fused-ring (bicyclic) bond motifs is 3. The van der Waals surface area contributed by atoms with Crippen molar-refractivity contribution in [2.75, 3.05) is 146 Å². The van der Waals surface area contributed by atoms with Gasteiger partial charge in [0.05, 0.1) is 119 Å². The normalized spacial score (nSPS) is 12.0. The highest BCUT2D eigenvalue weighted by Gasteiger charge is 2.29. The van der Waals surface area contributed by atoms with Crippen molar-refractivity contribution in [2.24, 2.45) is 0 Å². The van der Waals surface area contributed by atoms with E-state index in [2.05, 4.69) is 24.3 Å². The molecule has 2 aromatic rings. The fraction of sp³-hybridized carbons (Fsp3) is 0.643. The van der Waals surface area contributed by atoms with E-state index >= 15 is 0 Å². The van der Waals surface area contributed by atoms with Crippen LogP contribution in [0.1, 0.15) is 42.7 Å². The standard InChI is InChI=1S/C42H63NO15/c1-43(42(47)58-34-39-37-10-4-2-8-35(37)36-9-3-5-11-38(36)39)14-15-48-16-17-49-18-19-50-20-21-51-22-23-52-24-25-53-26-27-54-28-29-55-30-31-56-32-33-57-41(46)13-7-6-12-40(44)45/h2-5,8-11,39H,6-7,12-34H2,1H3,(H,44,45). The highest BCUT2D eigenvalue weighted by molar-refractivity contribution is 5.79. The third-order valence-corrected chi connectivity index (χ3v) is 8.71. The quantitative estimate of drug-likeness (QED) is 0.0758. The van der Waals surface area contributed by atoms with Gasteiger partial charge < -0.3 is 62.1 Å². The van der Waals surface area contributed by atoms with Crippen molar-refractivity contribution in [3.63, 3.8) is 0 Å². The van der Waals surface area contributed by atoms with Crippen LogP contribution in [-0.4, -0.2) is 174 Å². The Labute approximate surface area is 342 Å². The summed E-state index contributed by atoms with van der Waals surface area (Å²) in [5, 5.41) is 8.57. The number of carbonyl (C=O) groups is 3. The zero-order chi connectivity index (χ0) is 41.3. The van der Waals surface area contributed by atoms with Crippen molar-refractivity contribution in [1.82, 2.24) is 4.90 Å². The predicted octanol–water partition coefficient (Wildman–Crippen LogP) is 4.20. The largest absolute Gasteiger partial charge is 0.481 e. The summed E-state index contributed by atoms with van der Waals surface area (Å²) in [7, 11) is 1.71. The van der Waals surface area contributed by atoms with Crippen LogP contribution in [0, 0.1) is 0 Å². The lowest BCUT2D eigenvalue weighted by Gasteiger charge is -2.19. The molecule has 0 unspecified atom stereocenters. The van der Waals surface area contributed by atoms with Gasteiger partial charge in [-0.2, -0.15) is 0 Å². The molecule has 0 atom stereocenters. The first-order valence-corrected chi connectivity index (χ1v) is 20.1. The summed E-state index contributed by atoms with van der Waals surface area (Å²) < 4.78 is 60.1. The average molecular weight is 822 g/mol. The minimum Gasteiger partial charge on any atom is -0.481 e. The maximum atomic E-state index is 12.6. The van der Waals surface area contributed by atoms with Crippen molar-refractivity contribution in [3.05, 3.63) is 59.7 Å². The Bertz CT molecular complexity index is 1350. The summed E-state index contributed by atoms with van der Waals surface area (Å²) in [5.74, 6) is -1.19. The molecule has 16 nitrogen and oxygen atoms in total. The molecule has 0 bridgehead atoms. The number of benzene rings is 2. The number of amides is 1. The van der Waals surface area contributed by atoms with Gasteiger partial charge in [0.1, 0.15) is 13.2 Å². The van der Waals surface area contributed by atoms with E-state index in [4.69, 9.17) is 57.2 Å². The highest BCUT2D eigenvalue weighted by atomic mass is 16.6. The first-order valence-electron chi connectivity index (χ1n) is 20.1. The topological polar surface area (TPSA) is 176 Å². The summed E-state index contributed by atoms with van der Waals surface area (Å²) >= 11 is 0. The van der Waals surface area contributed by atoms with Crippen LogP contribution in [0.4, 0.5) is 4.79 Å². The van der Waals surface area contributed by atoms with Crippen LogP contribution in [0.25, 0.3) is 11.1 Å². The van der Waals surface area contributed by atoms with E-state index in [1.165, 1.54) is 27.2 Å². The molecule has 16 heteroatoms. The minimum absolute atomic E-state index is 0.0303. The Kier molecular flexibility index (Phi) is 27.0. The number of hydrogen-bond acceptors (Lipinski definition) is 14. The second-order valence-electron chi connectivity index (χ2n) is 13.1. The van der Waals surface area contributed by atoms with Gasteiger partial charge in [-0.3, -0.25) is 9.59 Å². The molecule has 1 aliphatic carbocycles. The lowest BCUT2D eigenvalue weighted by atomic mass is 9.98. The molecule has 3 rings (SSSR count). The Morgan fingerprint density at radius 3 is 1.28 bits per heavy atom. The Morgan fingerprint density at radius 2 is 0.862 bits per heavy atom. The van der Waals surface area contributed by atoms with Crippen LogP contribution in [0.5, 0.6) is 0 Å². The zero-order valence-electron chi connectivity index (χ0n) is 34.0. The molecule has 1 N–H and O–H groups in total. The third kappa shape index (κ3) is 21.9. The maximum Gasteiger partial charge on any atom is 0.409 e. The third-order valence-electron chi connectivity index (χ3n) is 8.71. The molecule has 0 spiro atoms. The summed E-state index contributed by atoms with van der Waals surface area (Å²) in [6, 6.07) is 16.5. The number of carboxylic acid groups (broad SMARTS) is 1. The van der Waals surface area contributed by atoms with Crippen LogP contribution in [0.3, 0.4) is 0 Å². The SMILES string of the molecule is CN(CCOCCOCCOCCOCCOCCOCCOCCOCCOCCOC(=O)CCCCC(=O)O)C(=O)OCC1c2ccccc2-c2ccccc21. The second-order valence-corrected chi connectivity index (χ2v) is 13.1. The molecule has 326 valence electrons. The fourth-order valence-corrected chi connectivity index (χ4v) is 5.69. The van der Waals surface area contributed by atoms with Gasteiger partial charge >= 0.3 is 18.0 Å². The number of unbranched alkanes of at least 4 members (excludes halogenated alkanes) is 1. The lowest BCUT2D eigenvalue weighted by molar-refractivity contribution is -0.146. The monoisotopic (exact) mass is 821 g/mol. The van der Waals surface area contributed by atoms with Crippen LogP contribution < -0.4 is 0 Å². The van der Waals surface area contributed by atoms with E-state index in [-0.39, 0.29) is 50.6 Å². The molecule has 0 aromatic heterocycles. The van der Waals surface area contributed by atoms with Crippen molar-refractivity contribution in [3.8, 4) is 11.1 Å². The van der Waals surface area contributed by atoms with E-state index in [9.17, 15) is 14.4 Å². The van der Waals surface area contributed by atoms with Gasteiger partial charge in [-0.25, -0.2) is 4.79 Å². The van der Waals surface area contributed by atoms with Gasteiger partial charge in [0, 0.05) is 32.4 Å². The summed E-state index contributed by atoms with van der Waals surface area (Å²) in [5.41, 5.74) is 4.77. The van der Waals surface area contributed by atoms with Gasteiger partial charge in [0.15, 0.2) is 0 Å². The Balaban J connectivity index is 0.962. The second kappa shape index (κ2) is 32.2. The van der Waals surface area contributed by atoms with Crippen molar-refractivity contribution < 1.29 is 71.6 Å². The highest BCUT2D eigenvalue weighted by Crippen LogP contribution is 2.44. The smallest absolute Gasteiger partial charge is 0.409 e. The van der Waals surface area contributed by atoms with Crippen LogP contribution in [0.2, 0.25) is 0 Å². The summed E-state index contributed by atoms with van der Waals surface area (Å²) in [6.07, 6.45) is 0.842. The number of aliphatic carboxylic acids is 1. The lowest BCUT2D eigenvalue weighted by Crippen LogP contribution is -2.32. The van der Waals surface area contributed by atoms with E-state index in [0.717, 1.165) is 0 Å². The molecule has 1 aliphatic rings. The van der Waals surface area contributed by atoms with Gasteiger partial charge in [-0.15, -0.1) is 0 Å². The van der Waals surface area contributed by atoms with Crippen molar-refractivity contribution in [1.29, 1.82) is 0 Å². The fourth-order valence-electron chi connectivity index (χ4n) is 5.69. The van der Waals surface area contributed by atoms with Crippen LogP contribution >= 0.6 is 0 Å². The van der Waals surface area contributed by atoms with Crippen molar-refractivity contribution in [2.45, 2.75) is 31.6 Å². The number of rotatable bonds is 37. The summed E-state index contributed by atoms with van der Waals surface area (Å²) in [6.45, 7) is 8.63. The molecular formula is C42H63NO15. The first kappa shape index (κ1) is 48.7. The van der Waals surface area contributed by atoms with Gasteiger partial charge in [-0.1, -0.05) is 48.5 Å². The Morgan fingerprint density at radius 1 is 0.500 bits per heavy atom. The molecule has 58 heavy (non-hydrogen) atoms. The van der Waals surface area contributed by atoms with E-state index in [1.807, 2.05) is 24.3 Å². The molecule has 0 heterocycles. The minimum atomic E-state index is -0.867. The number of esters is 1. The summed E-state index contributed by atoms with van der Waals surface area (Å²) in [4.78, 5) is 36.1. The number of likely N-dealkylation sites (N-methyl/N-ethyl adjacent to an activating group) is 1. The number of nitrogens with zero attached hydrogens (tertiary/aromatic N) is 1. The predicted molar refractivity (Wildman–Crippen MR) is 212 cm³/mol. The molecule has 0 radical (unpaired) electrons. The number of hydrogen-bond donors (Lipinski definition) is 1. The van der Waals surface area contributed by atoms with Crippen LogP contribution in [-0.2, 0) is 61.7 Å². The molecule has 2 aromatic carbocycles. The maximum absolute atomic E-state index is 12.6.